The fourth-order valence-electron chi connectivity index (χ4n) is 3.12. The van der Waals surface area contributed by atoms with Crippen LogP contribution in [0.5, 0.6) is 0 Å². The van der Waals surface area contributed by atoms with Crippen LogP contribution in [0, 0.1) is 5.92 Å². The van der Waals surface area contributed by atoms with Gasteiger partial charge in [0, 0.05) is 6.54 Å². The SMILES string of the molecule is CCN1CC(C)(C)OC(=O)C1C(Cc1ccc(Cl)c(Cl)c1)C(N)=O. The summed E-state index contributed by atoms with van der Waals surface area (Å²) in [6.45, 7) is 6.81. The summed E-state index contributed by atoms with van der Waals surface area (Å²) >= 11 is 12.0. The van der Waals surface area contributed by atoms with Gasteiger partial charge in [0.05, 0.1) is 16.0 Å². The number of carbonyl (C=O) groups is 2. The van der Waals surface area contributed by atoms with Crippen molar-refractivity contribution in [3.05, 3.63) is 33.8 Å². The van der Waals surface area contributed by atoms with Gasteiger partial charge in [0.15, 0.2) is 0 Å². The summed E-state index contributed by atoms with van der Waals surface area (Å²) in [5.41, 5.74) is 5.80. The number of hydrogen-bond donors (Lipinski definition) is 1. The molecule has 24 heavy (non-hydrogen) atoms. The average molecular weight is 373 g/mol. The Morgan fingerprint density at radius 3 is 2.62 bits per heavy atom. The number of morpholine rings is 1. The van der Waals surface area contributed by atoms with Crippen molar-refractivity contribution in [2.75, 3.05) is 13.1 Å². The van der Waals surface area contributed by atoms with Gasteiger partial charge in [0.1, 0.15) is 11.6 Å². The van der Waals surface area contributed by atoms with Crippen LogP contribution in [0.2, 0.25) is 10.0 Å². The van der Waals surface area contributed by atoms with Crippen LogP contribution in [0.3, 0.4) is 0 Å². The van der Waals surface area contributed by atoms with Crippen LogP contribution in [-0.2, 0) is 20.7 Å². The number of rotatable bonds is 5. The molecule has 1 heterocycles. The molecule has 0 bridgehead atoms. The Hall–Kier alpha value is -1.30. The number of nitrogens with two attached hydrogens (primary N) is 1. The summed E-state index contributed by atoms with van der Waals surface area (Å²) < 4.78 is 5.49. The van der Waals surface area contributed by atoms with Crippen LogP contribution in [0.4, 0.5) is 0 Å². The van der Waals surface area contributed by atoms with Gasteiger partial charge in [-0.2, -0.15) is 0 Å². The molecule has 2 rings (SSSR count). The van der Waals surface area contributed by atoms with E-state index in [9.17, 15) is 9.59 Å². The summed E-state index contributed by atoms with van der Waals surface area (Å²) in [6, 6.07) is 4.43. The maximum Gasteiger partial charge on any atom is 0.324 e. The second kappa shape index (κ2) is 7.30. The van der Waals surface area contributed by atoms with Crippen molar-refractivity contribution < 1.29 is 14.3 Å². The Balaban J connectivity index is 2.30. The minimum Gasteiger partial charge on any atom is -0.457 e. The Bertz CT molecular complexity index is 649. The zero-order valence-electron chi connectivity index (χ0n) is 14.0. The number of amides is 1. The van der Waals surface area contributed by atoms with Crippen molar-refractivity contribution in [1.82, 2.24) is 4.90 Å². The van der Waals surface area contributed by atoms with Gasteiger partial charge >= 0.3 is 5.97 Å². The van der Waals surface area contributed by atoms with Gasteiger partial charge in [-0.3, -0.25) is 14.5 Å². The summed E-state index contributed by atoms with van der Waals surface area (Å²) in [4.78, 5) is 26.5. The highest BCUT2D eigenvalue weighted by molar-refractivity contribution is 6.42. The second-order valence-electron chi connectivity index (χ2n) is 6.65. The van der Waals surface area contributed by atoms with E-state index in [0.717, 1.165) is 5.56 Å². The molecule has 2 unspecified atom stereocenters. The lowest BCUT2D eigenvalue weighted by atomic mass is 9.88. The molecule has 1 aromatic rings. The second-order valence-corrected chi connectivity index (χ2v) is 7.46. The molecule has 5 nitrogen and oxygen atoms in total. The van der Waals surface area contributed by atoms with Crippen molar-refractivity contribution in [3.8, 4) is 0 Å². The third-order valence-corrected chi connectivity index (χ3v) is 4.93. The molecule has 0 saturated carbocycles. The van der Waals surface area contributed by atoms with E-state index in [1.807, 2.05) is 25.7 Å². The molecular formula is C17H22Cl2N2O3. The Labute approximate surface area is 152 Å². The molecule has 0 aromatic heterocycles. The summed E-state index contributed by atoms with van der Waals surface area (Å²) in [5.74, 6) is -1.66. The van der Waals surface area contributed by atoms with E-state index in [4.69, 9.17) is 33.7 Å². The van der Waals surface area contributed by atoms with Crippen LogP contribution in [0.25, 0.3) is 0 Å². The molecule has 0 spiro atoms. The molecule has 0 aliphatic carbocycles. The van der Waals surface area contributed by atoms with E-state index < -0.39 is 29.4 Å². The normalized spacial score (nSPS) is 22.0. The number of halogens is 2. The first kappa shape index (κ1) is 19.0. The van der Waals surface area contributed by atoms with Gasteiger partial charge in [-0.1, -0.05) is 36.2 Å². The molecule has 2 atom stereocenters. The van der Waals surface area contributed by atoms with Crippen molar-refractivity contribution in [2.45, 2.75) is 38.8 Å². The zero-order valence-corrected chi connectivity index (χ0v) is 15.5. The fraction of sp³-hybridized carbons (Fsp3) is 0.529. The van der Waals surface area contributed by atoms with Crippen molar-refractivity contribution in [1.29, 1.82) is 0 Å². The van der Waals surface area contributed by atoms with Crippen LogP contribution >= 0.6 is 23.2 Å². The number of benzene rings is 1. The third-order valence-electron chi connectivity index (χ3n) is 4.19. The van der Waals surface area contributed by atoms with Crippen LogP contribution in [0.15, 0.2) is 18.2 Å². The Morgan fingerprint density at radius 1 is 1.42 bits per heavy atom. The van der Waals surface area contributed by atoms with Crippen LogP contribution in [-0.4, -0.2) is 41.5 Å². The largest absolute Gasteiger partial charge is 0.457 e. The average Bonchev–Trinajstić information content (AvgIpc) is 2.47. The monoisotopic (exact) mass is 372 g/mol. The van der Waals surface area contributed by atoms with Crippen molar-refractivity contribution >= 4 is 35.1 Å². The highest BCUT2D eigenvalue weighted by atomic mass is 35.5. The number of nitrogens with zero attached hydrogens (tertiary/aromatic N) is 1. The van der Waals surface area contributed by atoms with Crippen LogP contribution < -0.4 is 5.73 Å². The van der Waals surface area contributed by atoms with E-state index in [1.165, 1.54) is 0 Å². The third kappa shape index (κ3) is 4.21. The van der Waals surface area contributed by atoms with Crippen molar-refractivity contribution in [2.24, 2.45) is 11.7 Å². The minimum atomic E-state index is -0.703. The van der Waals surface area contributed by atoms with E-state index in [0.29, 0.717) is 29.6 Å². The molecule has 1 aliphatic rings. The van der Waals surface area contributed by atoms with Gasteiger partial charge < -0.3 is 10.5 Å². The standard InChI is InChI=1S/C17H22Cl2N2O3/c1-4-21-9-17(2,3)24-16(23)14(21)11(15(20)22)7-10-5-6-12(18)13(19)8-10/h5-6,8,11,14H,4,7,9H2,1-3H3,(H2,20,22). The molecule has 7 heteroatoms. The van der Waals surface area contributed by atoms with E-state index in [1.54, 1.807) is 18.2 Å². The number of ether oxygens (including phenoxy) is 1. The number of esters is 1. The van der Waals surface area contributed by atoms with Gasteiger partial charge in [0.2, 0.25) is 5.91 Å². The first-order valence-corrected chi connectivity index (χ1v) is 8.60. The van der Waals surface area contributed by atoms with E-state index in [2.05, 4.69) is 0 Å². The Kier molecular flexibility index (Phi) is 5.78. The molecule has 1 saturated heterocycles. The van der Waals surface area contributed by atoms with E-state index >= 15 is 0 Å². The minimum absolute atomic E-state index is 0.295. The number of primary amides is 1. The molecule has 1 amide bonds. The molecule has 132 valence electrons. The smallest absolute Gasteiger partial charge is 0.324 e. The van der Waals surface area contributed by atoms with Crippen molar-refractivity contribution in [3.63, 3.8) is 0 Å². The number of hydrogen-bond acceptors (Lipinski definition) is 4. The van der Waals surface area contributed by atoms with Crippen LogP contribution in [0.1, 0.15) is 26.3 Å². The number of likely N-dealkylation sites (N-methyl/N-ethyl adjacent to an activating group) is 1. The molecular weight excluding hydrogens is 351 g/mol. The lowest BCUT2D eigenvalue weighted by Gasteiger charge is -2.44. The van der Waals surface area contributed by atoms with Gasteiger partial charge in [-0.15, -0.1) is 0 Å². The summed E-state index contributed by atoms with van der Waals surface area (Å²) in [7, 11) is 0. The number of carbonyl (C=O) groups excluding carboxylic acids is 2. The zero-order chi connectivity index (χ0) is 18.1. The number of cyclic esters (lactones) is 1. The molecule has 0 radical (unpaired) electrons. The highest BCUT2D eigenvalue weighted by Gasteiger charge is 2.45. The van der Waals surface area contributed by atoms with E-state index in [-0.39, 0.29) is 0 Å². The molecule has 1 fully saturated rings. The van der Waals surface area contributed by atoms with Gasteiger partial charge in [0.25, 0.3) is 0 Å². The lowest BCUT2D eigenvalue weighted by molar-refractivity contribution is -0.182. The molecule has 1 aromatic carbocycles. The predicted molar refractivity (Wildman–Crippen MR) is 94.1 cm³/mol. The topological polar surface area (TPSA) is 72.6 Å². The summed E-state index contributed by atoms with van der Waals surface area (Å²) in [6.07, 6.45) is 0.295. The lowest BCUT2D eigenvalue weighted by Crippen LogP contribution is -2.61. The fourth-order valence-corrected chi connectivity index (χ4v) is 3.44. The first-order valence-electron chi connectivity index (χ1n) is 7.84. The first-order chi connectivity index (χ1) is 11.1. The highest BCUT2D eigenvalue weighted by Crippen LogP contribution is 2.29. The maximum atomic E-state index is 12.5. The molecule has 1 aliphatic heterocycles. The maximum absolute atomic E-state index is 12.5. The molecule has 2 N–H and O–H groups in total. The Morgan fingerprint density at radius 2 is 2.08 bits per heavy atom. The summed E-state index contributed by atoms with van der Waals surface area (Å²) in [5, 5.41) is 0.835. The predicted octanol–water partition coefficient (Wildman–Crippen LogP) is 2.66. The van der Waals surface area contributed by atoms with Gasteiger partial charge in [-0.25, -0.2) is 0 Å². The van der Waals surface area contributed by atoms with Gasteiger partial charge in [-0.05, 0) is 44.5 Å². The quantitative estimate of drug-likeness (QED) is 0.806.